The fourth-order valence-electron chi connectivity index (χ4n) is 3.21. The lowest BCUT2D eigenvalue weighted by atomic mass is 9.87. The van der Waals surface area contributed by atoms with Gasteiger partial charge in [-0.25, -0.2) is 4.99 Å². The molecule has 1 aromatic rings. The predicted molar refractivity (Wildman–Crippen MR) is 130 cm³/mol. The van der Waals surface area contributed by atoms with Crippen molar-refractivity contribution in [3.8, 4) is 5.75 Å². The maximum atomic E-state index is 11.8. The zero-order valence-electron chi connectivity index (χ0n) is 18.5. The quantitative estimate of drug-likeness (QED) is 0.252. The maximum absolute atomic E-state index is 11.8. The third-order valence-electron chi connectivity index (χ3n) is 4.86. The van der Waals surface area contributed by atoms with Gasteiger partial charge in [0.15, 0.2) is 5.96 Å². The van der Waals surface area contributed by atoms with Gasteiger partial charge in [-0.05, 0) is 36.5 Å². The predicted octanol–water partition coefficient (Wildman–Crippen LogP) is 3.55. The van der Waals surface area contributed by atoms with Crippen molar-refractivity contribution in [1.29, 1.82) is 0 Å². The summed E-state index contributed by atoms with van der Waals surface area (Å²) in [5.41, 5.74) is 1.37. The molecule has 0 saturated carbocycles. The molecule has 2 N–H and O–H groups in total. The molecule has 1 aromatic carbocycles. The number of likely N-dealkylation sites (tertiary alicyclic amines) is 1. The van der Waals surface area contributed by atoms with Gasteiger partial charge >= 0.3 is 0 Å². The van der Waals surface area contributed by atoms with E-state index in [9.17, 15) is 4.79 Å². The van der Waals surface area contributed by atoms with E-state index >= 15 is 0 Å². The summed E-state index contributed by atoms with van der Waals surface area (Å²) in [4.78, 5) is 18.4. The van der Waals surface area contributed by atoms with Crippen molar-refractivity contribution in [2.45, 2.75) is 58.9 Å². The Bertz CT molecular complexity index is 673. The van der Waals surface area contributed by atoms with E-state index in [4.69, 9.17) is 4.74 Å². The Morgan fingerprint density at radius 3 is 2.72 bits per heavy atom. The van der Waals surface area contributed by atoms with Gasteiger partial charge in [-0.15, -0.1) is 24.0 Å². The summed E-state index contributed by atoms with van der Waals surface area (Å²) in [5.74, 6) is 1.88. The van der Waals surface area contributed by atoms with Crippen molar-refractivity contribution in [1.82, 2.24) is 15.5 Å². The summed E-state index contributed by atoms with van der Waals surface area (Å²) in [6.45, 7) is 14.0. The topological polar surface area (TPSA) is 66.0 Å². The molecule has 29 heavy (non-hydrogen) atoms. The largest absolute Gasteiger partial charge is 0.492 e. The number of rotatable bonds is 7. The number of carbonyl (C=O) groups is 1. The molecule has 1 amide bonds. The van der Waals surface area contributed by atoms with Crippen LogP contribution in [-0.4, -0.2) is 55.6 Å². The molecule has 1 heterocycles. The number of aliphatic imine (C=N–C) groups is 1. The smallest absolute Gasteiger partial charge is 0.222 e. The number of hydrogen-bond acceptors (Lipinski definition) is 3. The van der Waals surface area contributed by atoms with Crippen LogP contribution >= 0.6 is 24.0 Å². The number of ether oxygens (including phenoxy) is 1. The van der Waals surface area contributed by atoms with E-state index in [0.717, 1.165) is 37.8 Å². The molecule has 164 valence electrons. The average Bonchev–Trinajstić information content (AvgIpc) is 3.13. The van der Waals surface area contributed by atoms with Crippen molar-refractivity contribution in [3.05, 3.63) is 29.8 Å². The Hall–Kier alpha value is -1.51. The molecule has 7 heteroatoms. The minimum Gasteiger partial charge on any atom is -0.492 e. The lowest BCUT2D eigenvalue weighted by molar-refractivity contribution is -0.129. The van der Waals surface area contributed by atoms with E-state index in [1.54, 1.807) is 0 Å². The van der Waals surface area contributed by atoms with Gasteiger partial charge in [0.25, 0.3) is 0 Å². The second-order valence-electron chi connectivity index (χ2n) is 8.21. The van der Waals surface area contributed by atoms with E-state index in [2.05, 4.69) is 48.5 Å². The summed E-state index contributed by atoms with van der Waals surface area (Å²) in [5, 5.41) is 6.72. The molecule has 6 nitrogen and oxygen atoms in total. The molecule has 1 aliphatic heterocycles. The first-order valence-corrected chi connectivity index (χ1v) is 10.4. The fourth-order valence-corrected chi connectivity index (χ4v) is 3.21. The second-order valence-corrected chi connectivity index (χ2v) is 8.21. The molecule has 0 bridgehead atoms. The lowest BCUT2D eigenvalue weighted by Gasteiger charge is -2.20. The monoisotopic (exact) mass is 516 g/mol. The normalized spacial score (nSPS) is 16.9. The zero-order chi connectivity index (χ0) is 20.6. The number of nitrogens with one attached hydrogen (secondary N) is 2. The molecule has 0 spiro atoms. The van der Waals surface area contributed by atoms with Crippen LogP contribution < -0.4 is 15.4 Å². The molecule has 1 aliphatic rings. The van der Waals surface area contributed by atoms with E-state index in [0.29, 0.717) is 19.6 Å². The van der Waals surface area contributed by atoms with Gasteiger partial charge in [0.1, 0.15) is 12.4 Å². The average molecular weight is 516 g/mol. The van der Waals surface area contributed by atoms with Gasteiger partial charge in [0.2, 0.25) is 5.91 Å². The van der Waals surface area contributed by atoms with Gasteiger partial charge in [0.05, 0.1) is 6.54 Å². The lowest BCUT2D eigenvalue weighted by Crippen LogP contribution is -2.45. The highest BCUT2D eigenvalue weighted by Crippen LogP contribution is 2.25. The number of halogens is 1. The van der Waals surface area contributed by atoms with E-state index < -0.39 is 0 Å². The molecule has 0 radical (unpaired) electrons. The Kier molecular flexibility index (Phi) is 10.8. The maximum Gasteiger partial charge on any atom is 0.222 e. The Morgan fingerprint density at radius 2 is 2.07 bits per heavy atom. The summed E-state index contributed by atoms with van der Waals surface area (Å²) in [7, 11) is 0. The molecular weight excluding hydrogens is 479 g/mol. The van der Waals surface area contributed by atoms with Crippen LogP contribution in [-0.2, 0) is 10.2 Å². The van der Waals surface area contributed by atoms with Gasteiger partial charge in [0, 0.05) is 32.1 Å². The van der Waals surface area contributed by atoms with Crippen molar-refractivity contribution in [2.75, 3.05) is 32.8 Å². The number of carbonyl (C=O) groups excluding carboxylic acids is 1. The highest BCUT2D eigenvalue weighted by Gasteiger charge is 2.25. The highest BCUT2D eigenvalue weighted by molar-refractivity contribution is 14.0. The van der Waals surface area contributed by atoms with Crippen LogP contribution in [0.25, 0.3) is 0 Å². The van der Waals surface area contributed by atoms with E-state index in [1.807, 2.05) is 30.9 Å². The van der Waals surface area contributed by atoms with E-state index in [1.165, 1.54) is 5.56 Å². The third kappa shape index (κ3) is 8.40. The Balaban J connectivity index is 0.00000420. The second kappa shape index (κ2) is 12.2. The van der Waals surface area contributed by atoms with Crippen LogP contribution in [0.15, 0.2) is 29.3 Å². The fraction of sp³-hybridized carbons (Fsp3) is 0.636. The first-order valence-electron chi connectivity index (χ1n) is 10.4. The van der Waals surface area contributed by atoms with Crippen LogP contribution in [0.5, 0.6) is 5.75 Å². The number of guanidine groups is 1. The van der Waals surface area contributed by atoms with Gasteiger partial charge in [-0.1, -0.05) is 39.8 Å². The molecule has 1 atom stereocenters. The van der Waals surface area contributed by atoms with Gasteiger partial charge in [-0.3, -0.25) is 4.79 Å². The number of nitrogens with zero attached hydrogens (tertiary/aromatic N) is 2. The number of hydrogen-bond donors (Lipinski definition) is 2. The Labute approximate surface area is 192 Å². The minimum absolute atomic E-state index is 0. The Morgan fingerprint density at radius 1 is 1.31 bits per heavy atom. The summed E-state index contributed by atoms with van der Waals surface area (Å²) < 4.78 is 5.89. The SMILES string of the molecule is CCNC(=NCCOc1cccc(C(C)(C)C)c1)NC1CCN(C(=O)CC)C1.I. The van der Waals surface area contributed by atoms with Crippen LogP contribution in [0.2, 0.25) is 0 Å². The summed E-state index contributed by atoms with van der Waals surface area (Å²) >= 11 is 0. The van der Waals surface area contributed by atoms with Gasteiger partial charge < -0.3 is 20.3 Å². The molecular formula is C22H37IN4O2. The molecule has 1 unspecified atom stereocenters. The van der Waals surface area contributed by atoms with Crippen molar-refractivity contribution in [3.63, 3.8) is 0 Å². The molecule has 1 fully saturated rings. The standard InChI is InChI=1S/C22H36N4O2.HI/c1-6-20(27)26-13-11-18(16-26)25-21(23-7-2)24-12-14-28-19-10-8-9-17(15-19)22(3,4)5;/h8-10,15,18H,6-7,11-14,16H2,1-5H3,(H2,23,24,25);1H. The van der Waals surface area contributed by atoms with Crippen LogP contribution in [0.4, 0.5) is 0 Å². The first-order chi connectivity index (χ1) is 13.3. The van der Waals surface area contributed by atoms with Crippen molar-refractivity contribution >= 4 is 35.8 Å². The molecule has 0 aliphatic carbocycles. The molecule has 0 aromatic heterocycles. The van der Waals surface area contributed by atoms with E-state index in [-0.39, 0.29) is 41.3 Å². The zero-order valence-corrected chi connectivity index (χ0v) is 20.8. The van der Waals surface area contributed by atoms with Crippen LogP contribution in [0.3, 0.4) is 0 Å². The summed E-state index contributed by atoms with van der Waals surface area (Å²) in [6.07, 6.45) is 1.51. The van der Waals surface area contributed by atoms with Gasteiger partial charge in [-0.2, -0.15) is 0 Å². The third-order valence-corrected chi connectivity index (χ3v) is 4.86. The summed E-state index contributed by atoms with van der Waals surface area (Å²) in [6, 6.07) is 8.50. The van der Waals surface area contributed by atoms with Crippen molar-refractivity contribution in [2.24, 2.45) is 4.99 Å². The number of amides is 1. The van der Waals surface area contributed by atoms with Crippen LogP contribution in [0.1, 0.15) is 53.0 Å². The van der Waals surface area contributed by atoms with Crippen molar-refractivity contribution < 1.29 is 9.53 Å². The number of benzene rings is 1. The molecule has 1 saturated heterocycles. The van der Waals surface area contributed by atoms with Crippen LogP contribution in [0, 0.1) is 0 Å². The molecule has 2 rings (SSSR count). The first kappa shape index (κ1) is 25.5. The minimum atomic E-state index is 0. The highest BCUT2D eigenvalue weighted by atomic mass is 127.